The molecule has 0 radical (unpaired) electrons. The Bertz CT molecular complexity index is 1170. The van der Waals surface area contributed by atoms with Gasteiger partial charge in [0.2, 0.25) is 0 Å². The third-order valence-electron chi connectivity index (χ3n) is 8.28. The summed E-state index contributed by atoms with van der Waals surface area (Å²) in [6.45, 7) is 8.03. The Morgan fingerprint density at radius 2 is 1.49 bits per heavy atom. The predicted molar refractivity (Wildman–Crippen MR) is 154 cm³/mol. The molecule has 0 aromatic heterocycles. The molecular formula is C33H41N3O3. The highest BCUT2D eigenvalue weighted by molar-refractivity contribution is 5.67. The quantitative estimate of drug-likeness (QED) is 0.418. The predicted octanol–water partition coefficient (Wildman–Crippen LogP) is 5.13. The maximum Gasteiger partial charge on any atom is 0.410 e. The Labute approximate surface area is 232 Å². The molecule has 3 aromatic carbocycles. The Hall–Kier alpha value is -3.19. The van der Waals surface area contributed by atoms with Gasteiger partial charge < -0.3 is 19.6 Å². The molecule has 1 N–H and O–H groups in total. The number of ether oxygens (including phenoxy) is 1. The van der Waals surface area contributed by atoms with Gasteiger partial charge in [-0.1, -0.05) is 91.0 Å². The molecule has 6 nitrogen and oxygen atoms in total. The molecule has 2 saturated heterocycles. The van der Waals surface area contributed by atoms with Crippen LogP contribution in [-0.2, 0) is 23.4 Å². The molecule has 2 fully saturated rings. The molecule has 0 aliphatic carbocycles. The molecule has 6 heteroatoms. The van der Waals surface area contributed by atoms with Crippen molar-refractivity contribution in [3.8, 4) is 0 Å². The van der Waals surface area contributed by atoms with Gasteiger partial charge in [0.1, 0.15) is 11.7 Å². The average Bonchev–Trinajstić information content (AvgIpc) is 3.29. The zero-order chi connectivity index (χ0) is 27.1. The minimum Gasteiger partial charge on any atom is -0.446 e. The second-order valence-electron chi connectivity index (χ2n) is 11.0. The summed E-state index contributed by atoms with van der Waals surface area (Å²) in [5.74, 6) is 0.101. The van der Waals surface area contributed by atoms with E-state index in [1.807, 2.05) is 61.5 Å². The first-order valence-electron chi connectivity index (χ1n) is 14.3. The Morgan fingerprint density at radius 1 is 0.897 bits per heavy atom. The average molecular weight is 528 g/mol. The topological polar surface area (TPSA) is 56.2 Å². The number of aliphatic hydroxyl groups is 1. The first kappa shape index (κ1) is 27.4. The number of carbonyl (C=O) groups is 1. The third kappa shape index (κ3) is 6.88. The number of β-amino-alcohol motifs (C(OH)–C–C–N with tert-alkyl or cyclic N) is 1. The maximum absolute atomic E-state index is 12.9. The van der Waals surface area contributed by atoms with Crippen molar-refractivity contribution in [3.63, 3.8) is 0 Å². The van der Waals surface area contributed by atoms with E-state index in [4.69, 9.17) is 4.74 Å². The first-order valence-corrected chi connectivity index (χ1v) is 14.3. The van der Waals surface area contributed by atoms with Crippen LogP contribution in [-0.4, -0.2) is 71.3 Å². The number of hydrogen-bond acceptors (Lipinski definition) is 5. The van der Waals surface area contributed by atoms with E-state index < -0.39 is 5.60 Å². The molecule has 0 spiro atoms. The molecule has 0 bridgehead atoms. The fraction of sp³-hybridized carbons (Fsp3) is 0.424. The number of nitrogens with zero attached hydrogens (tertiary/aromatic N) is 3. The van der Waals surface area contributed by atoms with E-state index in [9.17, 15) is 9.90 Å². The Kier molecular flexibility index (Phi) is 8.97. The molecule has 2 atom stereocenters. The number of likely N-dealkylation sites (tertiary alicyclic amines) is 2. The van der Waals surface area contributed by atoms with Crippen molar-refractivity contribution < 1.29 is 14.6 Å². The van der Waals surface area contributed by atoms with Crippen LogP contribution in [0.5, 0.6) is 0 Å². The fourth-order valence-electron chi connectivity index (χ4n) is 6.07. The molecular weight excluding hydrogens is 486 g/mol. The van der Waals surface area contributed by atoms with Crippen LogP contribution in [0.25, 0.3) is 0 Å². The van der Waals surface area contributed by atoms with Gasteiger partial charge in [-0.25, -0.2) is 4.79 Å². The Morgan fingerprint density at radius 3 is 2.10 bits per heavy atom. The van der Waals surface area contributed by atoms with Crippen molar-refractivity contribution in [2.24, 2.45) is 5.92 Å². The lowest BCUT2D eigenvalue weighted by Gasteiger charge is -2.37. The van der Waals surface area contributed by atoms with Gasteiger partial charge in [0.25, 0.3) is 0 Å². The molecule has 2 aliphatic heterocycles. The van der Waals surface area contributed by atoms with Crippen molar-refractivity contribution in [2.45, 2.75) is 44.6 Å². The lowest BCUT2D eigenvalue weighted by atomic mass is 9.83. The van der Waals surface area contributed by atoms with Gasteiger partial charge in [-0.2, -0.15) is 0 Å². The number of amides is 1. The van der Waals surface area contributed by atoms with Crippen molar-refractivity contribution in [2.75, 3.05) is 39.3 Å². The minimum absolute atomic E-state index is 0.0651. The van der Waals surface area contributed by atoms with Crippen molar-refractivity contribution in [3.05, 3.63) is 108 Å². The van der Waals surface area contributed by atoms with Gasteiger partial charge in [-0.15, -0.1) is 0 Å². The Balaban J connectivity index is 1.17. The highest BCUT2D eigenvalue weighted by atomic mass is 16.6. The van der Waals surface area contributed by atoms with Crippen LogP contribution in [0.3, 0.4) is 0 Å². The molecule has 2 unspecified atom stereocenters. The maximum atomic E-state index is 12.9. The van der Waals surface area contributed by atoms with Gasteiger partial charge in [0.15, 0.2) is 0 Å². The SMILES string of the molecule is CCN(Cc1ccccc1)C(=O)OC1CCN(CC2CN(Cc3ccccc3)CC2(O)c2ccccc2)CC1. The van der Waals surface area contributed by atoms with E-state index in [1.54, 1.807) is 4.90 Å². The molecule has 2 heterocycles. The summed E-state index contributed by atoms with van der Waals surface area (Å²) in [5, 5.41) is 12.0. The number of carbonyl (C=O) groups excluding carboxylic acids is 1. The molecule has 3 aromatic rings. The first-order chi connectivity index (χ1) is 19.0. The highest BCUT2D eigenvalue weighted by Gasteiger charge is 2.47. The van der Waals surface area contributed by atoms with Crippen molar-refractivity contribution in [1.82, 2.24) is 14.7 Å². The van der Waals surface area contributed by atoms with Gasteiger partial charge >= 0.3 is 6.09 Å². The van der Waals surface area contributed by atoms with Crippen molar-refractivity contribution >= 4 is 6.09 Å². The van der Waals surface area contributed by atoms with Crippen LogP contribution in [0.2, 0.25) is 0 Å². The zero-order valence-corrected chi connectivity index (χ0v) is 23.0. The summed E-state index contributed by atoms with van der Waals surface area (Å²) in [6, 6.07) is 30.7. The lowest BCUT2D eigenvalue weighted by molar-refractivity contribution is -0.0168. The van der Waals surface area contributed by atoms with Gasteiger partial charge in [0.05, 0.1) is 0 Å². The molecule has 5 rings (SSSR count). The molecule has 0 saturated carbocycles. The second kappa shape index (κ2) is 12.8. The monoisotopic (exact) mass is 527 g/mol. The van der Waals surface area contributed by atoms with Crippen LogP contribution in [0.15, 0.2) is 91.0 Å². The largest absolute Gasteiger partial charge is 0.446 e. The third-order valence-corrected chi connectivity index (χ3v) is 8.28. The van der Waals surface area contributed by atoms with E-state index in [2.05, 4.69) is 46.2 Å². The summed E-state index contributed by atoms with van der Waals surface area (Å²) in [4.78, 5) is 19.5. The molecule has 39 heavy (non-hydrogen) atoms. The van der Waals surface area contributed by atoms with Crippen LogP contribution < -0.4 is 0 Å². The molecule has 1 amide bonds. The summed E-state index contributed by atoms with van der Waals surface area (Å²) in [7, 11) is 0. The lowest BCUT2D eigenvalue weighted by Crippen LogP contribution is -2.46. The highest BCUT2D eigenvalue weighted by Crippen LogP contribution is 2.38. The van der Waals surface area contributed by atoms with Gasteiger partial charge in [-0.05, 0) is 36.5 Å². The van der Waals surface area contributed by atoms with E-state index in [-0.39, 0.29) is 18.1 Å². The number of hydrogen-bond donors (Lipinski definition) is 1. The van der Waals surface area contributed by atoms with Crippen molar-refractivity contribution in [1.29, 1.82) is 0 Å². The smallest absolute Gasteiger partial charge is 0.410 e. The van der Waals surface area contributed by atoms with E-state index >= 15 is 0 Å². The standard InChI is InChI=1S/C33H41N3O3/c1-2-36(23-28-14-8-4-9-15-28)32(37)39-31-18-20-34(21-19-31)24-30-25-35(22-27-12-6-3-7-13-27)26-33(30,38)29-16-10-5-11-17-29/h3-17,30-31,38H,2,18-26H2,1H3. The van der Waals surface area contributed by atoms with E-state index in [0.717, 1.165) is 56.7 Å². The van der Waals surface area contributed by atoms with Crippen LogP contribution in [0, 0.1) is 5.92 Å². The normalized spacial score (nSPS) is 22.6. The minimum atomic E-state index is -0.890. The van der Waals surface area contributed by atoms with Gasteiger partial charge in [0, 0.05) is 58.3 Å². The second-order valence-corrected chi connectivity index (χ2v) is 11.0. The van der Waals surface area contributed by atoms with Crippen LogP contribution >= 0.6 is 0 Å². The molecule has 2 aliphatic rings. The number of rotatable bonds is 9. The van der Waals surface area contributed by atoms with Gasteiger partial charge in [-0.3, -0.25) is 4.90 Å². The zero-order valence-electron chi connectivity index (χ0n) is 23.0. The van der Waals surface area contributed by atoms with Crippen LogP contribution in [0.1, 0.15) is 36.5 Å². The molecule has 206 valence electrons. The van der Waals surface area contributed by atoms with E-state index in [0.29, 0.717) is 19.6 Å². The van der Waals surface area contributed by atoms with E-state index in [1.165, 1.54) is 5.56 Å². The number of piperidine rings is 1. The summed E-state index contributed by atoms with van der Waals surface area (Å²) >= 11 is 0. The summed E-state index contributed by atoms with van der Waals surface area (Å²) in [5.41, 5.74) is 2.48. The summed E-state index contributed by atoms with van der Waals surface area (Å²) < 4.78 is 5.93. The summed E-state index contributed by atoms with van der Waals surface area (Å²) in [6.07, 6.45) is 1.34. The van der Waals surface area contributed by atoms with Crippen LogP contribution in [0.4, 0.5) is 4.79 Å². The fourth-order valence-corrected chi connectivity index (χ4v) is 6.07. The number of benzene rings is 3.